The highest BCUT2D eigenvalue weighted by Gasteiger charge is 2.12. The fourth-order valence-electron chi connectivity index (χ4n) is 0.913. The number of esters is 1. The van der Waals surface area contributed by atoms with E-state index in [4.69, 9.17) is 0 Å². The molecule has 0 aliphatic rings. The number of aryl methyl sites for hydroxylation is 1. The molecule has 0 bridgehead atoms. The number of methoxy groups -OCH3 is 1. The van der Waals surface area contributed by atoms with Gasteiger partial charge in [-0.05, 0) is 40.5 Å². The zero-order chi connectivity index (χ0) is 10.0. The average Bonchev–Trinajstić information content (AvgIpc) is 2.10. The molecule has 4 heteroatoms. The number of hydrogen-bond acceptors (Lipinski definition) is 2. The van der Waals surface area contributed by atoms with Crippen LogP contribution in [-0.4, -0.2) is 13.1 Å². The van der Waals surface area contributed by atoms with E-state index in [2.05, 4.69) is 20.7 Å². The van der Waals surface area contributed by atoms with Gasteiger partial charge in [-0.15, -0.1) is 0 Å². The maximum absolute atomic E-state index is 13.0. The molecule has 0 aromatic heterocycles. The van der Waals surface area contributed by atoms with Crippen LogP contribution < -0.4 is 0 Å². The third kappa shape index (κ3) is 2.06. The van der Waals surface area contributed by atoms with E-state index in [1.54, 1.807) is 13.0 Å². The summed E-state index contributed by atoms with van der Waals surface area (Å²) in [6, 6.07) is 2.70. The van der Waals surface area contributed by atoms with Crippen LogP contribution in [0.3, 0.4) is 0 Å². The summed E-state index contributed by atoms with van der Waals surface area (Å²) in [5.41, 5.74) is 0.685. The van der Waals surface area contributed by atoms with E-state index in [9.17, 15) is 9.18 Å². The Kier molecular flexibility index (Phi) is 3.03. The highest BCUT2D eigenvalue weighted by atomic mass is 79.9. The van der Waals surface area contributed by atoms with Crippen molar-refractivity contribution in [2.24, 2.45) is 0 Å². The lowest BCUT2D eigenvalue weighted by Gasteiger charge is -2.04. The summed E-state index contributed by atoms with van der Waals surface area (Å²) in [6.07, 6.45) is 0. The Morgan fingerprint density at radius 1 is 1.54 bits per heavy atom. The summed E-state index contributed by atoms with van der Waals surface area (Å²) in [6.45, 7) is 1.63. The van der Waals surface area contributed by atoms with Crippen molar-refractivity contribution in [1.82, 2.24) is 0 Å². The highest BCUT2D eigenvalue weighted by molar-refractivity contribution is 9.10. The zero-order valence-electron chi connectivity index (χ0n) is 7.23. The Hall–Kier alpha value is -0.900. The van der Waals surface area contributed by atoms with E-state index < -0.39 is 11.8 Å². The molecule has 0 heterocycles. The van der Waals surface area contributed by atoms with Crippen LogP contribution in [0.5, 0.6) is 0 Å². The number of carbonyl (C=O) groups is 1. The molecule has 1 aromatic rings. The second-order valence-corrected chi connectivity index (χ2v) is 3.43. The number of carbonyl (C=O) groups excluding carboxylic acids is 1. The Bertz CT molecular complexity index is 350. The van der Waals surface area contributed by atoms with Crippen molar-refractivity contribution in [3.8, 4) is 0 Å². The van der Waals surface area contributed by atoms with Crippen LogP contribution >= 0.6 is 15.9 Å². The first-order chi connectivity index (χ1) is 6.06. The lowest BCUT2D eigenvalue weighted by molar-refractivity contribution is 0.0599. The molecular formula is C9H8BrFO2. The lowest BCUT2D eigenvalue weighted by atomic mass is 10.1. The molecule has 70 valence electrons. The fraction of sp³-hybridized carbons (Fsp3) is 0.222. The Balaban J connectivity index is 3.23. The first-order valence-corrected chi connectivity index (χ1v) is 4.39. The molecule has 0 aliphatic carbocycles. The molecule has 0 radical (unpaired) electrons. The van der Waals surface area contributed by atoms with Crippen LogP contribution in [-0.2, 0) is 4.74 Å². The Morgan fingerprint density at radius 2 is 2.15 bits per heavy atom. The minimum absolute atomic E-state index is 0.200. The minimum Gasteiger partial charge on any atom is -0.465 e. The van der Waals surface area contributed by atoms with Crippen molar-refractivity contribution in [2.75, 3.05) is 7.11 Å². The van der Waals surface area contributed by atoms with E-state index in [0.29, 0.717) is 10.0 Å². The van der Waals surface area contributed by atoms with Gasteiger partial charge in [0, 0.05) is 4.47 Å². The zero-order valence-corrected chi connectivity index (χ0v) is 8.81. The van der Waals surface area contributed by atoms with Gasteiger partial charge < -0.3 is 4.74 Å². The lowest BCUT2D eigenvalue weighted by Crippen LogP contribution is -2.03. The summed E-state index contributed by atoms with van der Waals surface area (Å²) in [5.74, 6) is -0.964. The van der Waals surface area contributed by atoms with Crippen LogP contribution in [0.25, 0.3) is 0 Å². The predicted octanol–water partition coefficient (Wildman–Crippen LogP) is 2.68. The quantitative estimate of drug-likeness (QED) is 0.713. The summed E-state index contributed by atoms with van der Waals surface area (Å²) in [5, 5.41) is 0. The van der Waals surface area contributed by atoms with Crippen molar-refractivity contribution >= 4 is 21.9 Å². The third-order valence-corrected chi connectivity index (χ3v) is 2.31. The highest BCUT2D eigenvalue weighted by Crippen LogP contribution is 2.21. The molecule has 0 atom stereocenters. The van der Waals surface area contributed by atoms with Gasteiger partial charge in [-0.2, -0.15) is 0 Å². The SMILES string of the molecule is COC(=O)c1cc(F)c(C)cc1Br. The number of ether oxygens (including phenoxy) is 1. The molecule has 0 saturated heterocycles. The van der Waals surface area contributed by atoms with E-state index in [1.807, 2.05) is 0 Å². The second-order valence-electron chi connectivity index (χ2n) is 2.57. The Morgan fingerprint density at radius 3 is 2.69 bits per heavy atom. The van der Waals surface area contributed by atoms with Crippen molar-refractivity contribution in [3.05, 3.63) is 33.5 Å². The number of halogens is 2. The molecule has 0 aliphatic heterocycles. The summed E-state index contributed by atoms with van der Waals surface area (Å²) >= 11 is 3.16. The standard InChI is InChI=1S/C9H8BrFO2/c1-5-3-7(10)6(4-8(5)11)9(12)13-2/h3-4H,1-2H3. The van der Waals surface area contributed by atoms with Gasteiger partial charge in [0.2, 0.25) is 0 Å². The second kappa shape index (κ2) is 3.87. The third-order valence-electron chi connectivity index (χ3n) is 1.65. The predicted molar refractivity (Wildman–Crippen MR) is 50.2 cm³/mol. The number of benzene rings is 1. The van der Waals surface area contributed by atoms with Crippen molar-refractivity contribution in [3.63, 3.8) is 0 Å². The van der Waals surface area contributed by atoms with Gasteiger partial charge in [0.1, 0.15) is 5.82 Å². The molecule has 1 rings (SSSR count). The minimum atomic E-state index is -0.550. The van der Waals surface area contributed by atoms with Gasteiger partial charge in [-0.25, -0.2) is 9.18 Å². The van der Waals surface area contributed by atoms with Crippen LogP contribution in [0.1, 0.15) is 15.9 Å². The van der Waals surface area contributed by atoms with Gasteiger partial charge in [-0.3, -0.25) is 0 Å². The molecule has 0 spiro atoms. The van der Waals surface area contributed by atoms with Crippen molar-refractivity contribution < 1.29 is 13.9 Å². The first kappa shape index (κ1) is 10.2. The van der Waals surface area contributed by atoms with Crippen LogP contribution in [0.2, 0.25) is 0 Å². The van der Waals surface area contributed by atoms with E-state index >= 15 is 0 Å². The van der Waals surface area contributed by atoms with Gasteiger partial charge in [0.25, 0.3) is 0 Å². The summed E-state index contributed by atoms with van der Waals surface area (Å²) in [7, 11) is 1.26. The molecule has 0 unspecified atom stereocenters. The van der Waals surface area contributed by atoms with Crippen molar-refractivity contribution in [1.29, 1.82) is 0 Å². The van der Waals surface area contributed by atoms with Gasteiger partial charge in [-0.1, -0.05) is 0 Å². The van der Waals surface area contributed by atoms with Crippen LogP contribution in [0.4, 0.5) is 4.39 Å². The maximum Gasteiger partial charge on any atom is 0.339 e. The van der Waals surface area contributed by atoms with Gasteiger partial charge >= 0.3 is 5.97 Å². The molecule has 2 nitrogen and oxygen atoms in total. The largest absolute Gasteiger partial charge is 0.465 e. The smallest absolute Gasteiger partial charge is 0.339 e. The van der Waals surface area contributed by atoms with Gasteiger partial charge in [0.15, 0.2) is 0 Å². The molecule has 0 fully saturated rings. The Labute approximate surface area is 83.8 Å². The normalized spacial score (nSPS) is 9.85. The van der Waals surface area contributed by atoms with E-state index in [1.165, 1.54) is 7.11 Å². The average molecular weight is 247 g/mol. The van der Waals surface area contributed by atoms with Crippen LogP contribution in [0, 0.1) is 12.7 Å². The topological polar surface area (TPSA) is 26.3 Å². The first-order valence-electron chi connectivity index (χ1n) is 3.60. The van der Waals surface area contributed by atoms with Gasteiger partial charge in [0.05, 0.1) is 12.7 Å². The molecule has 0 amide bonds. The van der Waals surface area contributed by atoms with Crippen LogP contribution in [0.15, 0.2) is 16.6 Å². The van der Waals surface area contributed by atoms with E-state index in [-0.39, 0.29) is 5.56 Å². The monoisotopic (exact) mass is 246 g/mol. The molecular weight excluding hydrogens is 239 g/mol. The number of hydrogen-bond donors (Lipinski definition) is 0. The molecule has 0 saturated carbocycles. The molecule has 13 heavy (non-hydrogen) atoms. The molecule has 1 aromatic carbocycles. The van der Waals surface area contributed by atoms with E-state index in [0.717, 1.165) is 6.07 Å². The summed E-state index contributed by atoms with van der Waals surface area (Å²) in [4.78, 5) is 11.1. The van der Waals surface area contributed by atoms with Crippen molar-refractivity contribution in [2.45, 2.75) is 6.92 Å². The number of rotatable bonds is 1. The maximum atomic E-state index is 13.0. The summed E-state index contributed by atoms with van der Waals surface area (Å²) < 4.78 is 18.0. The fourth-order valence-corrected chi connectivity index (χ4v) is 1.53. The molecule has 0 N–H and O–H groups in total.